The van der Waals surface area contributed by atoms with E-state index in [4.69, 9.17) is 9.84 Å². The summed E-state index contributed by atoms with van der Waals surface area (Å²) in [6.45, 7) is 4.52. The molecule has 6 heteroatoms. The topological polar surface area (TPSA) is 49.8 Å². The molecule has 0 bridgehead atoms. The number of rotatable bonds is 3. The molecule has 0 radical (unpaired) electrons. The Morgan fingerprint density at radius 1 is 1.45 bits per heavy atom. The number of benzene rings is 1. The number of carboxylic acids is 1. The lowest BCUT2D eigenvalue weighted by Gasteiger charge is -2.40. The summed E-state index contributed by atoms with van der Waals surface area (Å²) in [6, 6.07) is 1.59. The number of ether oxygens (including phenoxy) is 1. The van der Waals surface area contributed by atoms with Gasteiger partial charge in [-0.1, -0.05) is 6.92 Å². The summed E-state index contributed by atoms with van der Waals surface area (Å²) < 4.78 is 33.7. The lowest BCUT2D eigenvalue weighted by atomic mass is 10.1. The SMILES string of the molecule is CCC1COC(C)CN1c1c(F)cc(C(=O)O)cc1F. The van der Waals surface area contributed by atoms with Crippen molar-refractivity contribution in [2.75, 3.05) is 18.1 Å². The fraction of sp³-hybridized carbons (Fsp3) is 0.500. The van der Waals surface area contributed by atoms with Crippen LogP contribution in [0, 0.1) is 11.6 Å². The molecule has 0 spiro atoms. The van der Waals surface area contributed by atoms with E-state index in [1.165, 1.54) is 0 Å². The summed E-state index contributed by atoms with van der Waals surface area (Å²) in [5.74, 6) is -3.05. The van der Waals surface area contributed by atoms with Gasteiger partial charge in [0.2, 0.25) is 0 Å². The Bertz CT molecular complexity index is 498. The monoisotopic (exact) mass is 285 g/mol. The van der Waals surface area contributed by atoms with Gasteiger partial charge in [-0.2, -0.15) is 0 Å². The zero-order valence-electron chi connectivity index (χ0n) is 11.4. The zero-order valence-corrected chi connectivity index (χ0v) is 11.4. The molecule has 1 N–H and O–H groups in total. The fourth-order valence-electron chi connectivity index (χ4n) is 2.42. The van der Waals surface area contributed by atoms with E-state index >= 15 is 0 Å². The summed E-state index contributed by atoms with van der Waals surface area (Å²) in [4.78, 5) is 12.4. The Morgan fingerprint density at radius 2 is 2.05 bits per heavy atom. The van der Waals surface area contributed by atoms with E-state index < -0.39 is 23.2 Å². The summed E-state index contributed by atoms with van der Waals surface area (Å²) in [5.41, 5.74) is -0.560. The van der Waals surface area contributed by atoms with Gasteiger partial charge in [0.15, 0.2) is 0 Å². The second kappa shape index (κ2) is 5.75. The second-order valence-electron chi connectivity index (χ2n) is 4.95. The lowest BCUT2D eigenvalue weighted by Crippen LogP contribution is -2.49. The largest absolute Gasteiger partial charge is 0.478 e. The molecule has 1 fully saturated rings. The molecule has 1 aliphatic rings. The average Bonchev–Trinajstić information content (AvgIpc) is 2.38. The van der Waals surface area contributed by atoms with Crippen LogP contribution in [-0.2, 0) is 4.74 Å². The van der Waals surface area contributed by atoms with Crippen molar-refractivity contribution in [1.29, 1.82) is 0 Å². The first-order chi connectivity index (χ1) is 9.43. The van der Waals surface area contributed by atoms with E-state index in [1.807, 2.05) is 13.8 Å². The van der Waals surface area contributed by atoms with E-state index in [0.29, 0.717) is 19.6 Å². The molecule has 0 saturated carbocycles. The van der Waals surface area contributed by atoms with Crippen molar-refractivity contribution in [2.24, 2.45) is 0 Å². The van der Waals surface area contributed by atoms with Crippen molar-refractivity contribution in [2.45, 2.75) is 32.4 Å². The van der Waals surface area contributed by atoms with Gasteiger partial charge in [0, 0.05) is 6.54 Å². The van der Waals surface area contributed by atoms with Crippen molar-refractivity contribution in [3.8, 4) is 0 Å². The quantitative estimate of drug-likeness (QED) is 0.927. The average molecular weight is 285 g/mol. The fourth-order valence-corrected chi connectivity index (χ4v) is 2.42. The summed E-state index contributed by atoms with van der Waals surface area (Å²) in [5, 5.41) is 8.81. The van der Waals surface area contributed by atoms with Crippen LogP contribution in [0.2, 0.25) is 0 Å². The molecule has 0 aliphatic carbocycles. The molecule has 110 valence electrons. The third-order valence-corrected chi connectivity index (χ3v) is 3.49. The van der Waals surface area contributed by atoms with Crippen molar-refractivity contribution >= 4 is 11.7 Å². The summed E-state index contributed by atoms with van der Waals surface area (Å²) in [7, 11) is 0. The van der Waals surface area contributed by atoms with Gasteiger partial charge in [-0.25, -0.2) is 13.6 Å². The van der Waals surface area contributed by atoms with Crippen LogP contribution in [0.15, 0.2) is 12.1 Å². The standard InChI is InChI=1S/C14H17F2NO3/c1-3-10-7-20-8(2)6-17(10)13-11(15)4-9(14(18)19)5-12(13)16/h4-5,8,10H,3,6-7H2,1-2H3,(H,18,19). The first kappa shape index (κ1) is 14.7. The number of morpholine rings is 1. The van der Waals surface area contributed by atoms with E-state index in [-0.39, 0.29) is 17.8 Å². The molecule has 1 saturated heterocycles. The maximum absolute atomic E-state index is 14.1. The van der Waals surface area contributed by atoms with E-state index in [1.54, 1.807) is 4.90 Å². The van der Waals surface area contributed by atoms with Crippen LogP contribution in [-0.4, -0.2) is 36.4 Å². The predicted molar refractivity (Wildman–Crippen MR) is 70.2 cm³/mol. The molecule has 4 nitrogen and oxygen atoms in total. The number of nitrogens with zero attached hydrogens (tertiary/aromatic N) is 1. The number of carboxylic acid groups (broad SMARTS) is 1. The minimum atomic E-state index is -1.35. The van der Waals surface area contributed by atoms with E-state index in [2.05, 4.69) is 0 Å². The third-order valence-electron chi connectivity index (χ3n) is 3.49. The first-order valence-corrected chi connectivity index (χ1v) is 6.54. The van der Waals surface area contributed by atoms with Crippen LogP contribution in [0.1, 0.15) is 30.6 Å². The molecule has 1 aromatic carbocycles. The number of carbonyl (C=O) groups is 1. The maximum atomic E-state index is 14.1. The Balaban J connectivity index is 2.42. The van der Waals surface area contributed by atoms with Crippen molar-refractivity contribution in [3.05, 3.63) is 29.3 Å². The normalized spacial score (nSPS) is 22.9. The van der Waals surface area contributed by atoms with Gasteiger partial charge in [-0.05, 0) is 25.5 Å². The Labute approximate surface area is 116 Å². The smallest absolute Gasteiger partial charge is 0.335 e. The molecule has 0 amide bonds. The minimum Gasteiger partial charge on any atom is -0.478 e. The molecular weight excluding hydrogens is 268 g/mol. The molecule has 1 aromatic rings. The molecule has 2 rings (SSSR count). The van der Waals surface area contributed by atoms with Crippen LogP contribution < -0.4 is 4.90 Å². The van der Waals surface area contributed by atoms with Gasteiger partial charge < -0.3 is 14.7 Å². The van der Waals surface area contributed by atoms with Crippen LogP contribution in [0.5, 0.6) is 0 Å². The minimum absolute atomic E-state index is 0.120. The molecule has 2 unspecified atom stereocenters. The van der Waals surface area contributed by atoms with Gasteiger partial charge in [0.25, 0.3) is 0 Å². The van der Waals surface area contributed by atoms with Crippen molar-refractivity contribution in [3.63, 3.8) is 0 Å². The molecule has 1 aliphatic heterocycles. The summed E-state index contributed by atoms with van der Waals surface area (Å²) in [6.07, 6.45) is 0.558. The Hall–Kier alpha value is -1.69. The molecule has 2 atom stereocenters. The molecule has 0 aromatic heterocycles. The zero-order chi connectivity index (χ0) is 14.9. The summed E-state index contributed by atoms with van der Waals surface area (Å²) >= 11 is 0. The Kier molecular flexibility index (Phi) is 4.23. The van der Waals surface area contributed by atoms with Crippen molar-refractivity contribution < 1.29 is 23.4 Å². The van der Waals surface area contributed by atoms with Gasteiger partial charge in [-0.3, -0.25) is 0 Å². The third kappa shape index (κ3) is 2.75. The van der Waals surface area contributed by atoms with E-state index in [0.717, 1.165) is 12.1 Å². The number of anilines is 1. The highest BCUT2D eigenvalue weighted by atomic mass is 19.1. The number of halogens is 2. The maximum Gasteiger partial charge on any atom is 0.335 e. The van der Waals surface area contributed by atoms with Gasteiger partial charge in [0.05, 0.1) is 24.3 Å². The van der Waals surface area contributed by atoms with Crippen LogP contribution in [0.4, 0.5) is 14.5 Å². The Morgan fingerprint density at radius 3 is 2.55 bits per heavy atom. The second-order valence-corrected chi connectivity index (χ2v) is 4.95. The predicted octanol–water partition coefficient (Wildman–Crippen LogP) is 2.67. The first-order valence-electron chi connectivity index (χ1n) is 6.54. The van der Waals surface area contributed by atoms with Gasteiger partial charge in [-0.15, -0.1) is 0 Å². The van der Waals surface area contributed by atoms with Gasteiger partial charge >= 0.3 is 5.97 Å². The van der Waals surface area contributed by atoms with Gasteiger partial charge in [0.1, 0.15) is 17.3 Å². The number of hydrogen-bond donors (Lipinski definition) is 1. The number of aromatic carboxylic acids is 1. The highest BCUT2D eigenvalue weighted by Crippen LogP contribution is 2.30. The molecular formula is C14H17F2NO3. The van der Waals surface area contributed by atoms with Crippen LogP contribution in [0.25, 0.3) is 0 Å². The highest BCUT2D eigenvalue weighted by Gasteiger charge is 2.30. The van der Waals surface area contributed by atoms with Crippen molar-refractivity contribution in [1.82, 2.24) is 0 Å². The molecule has 1 heterocycles. The number of hydrogen-bond acceptors (Lipinski definition) is 3. The van der Waals surface area contributed by atoms with E-state index in [9.17, 15) is 13.6 Å². The lowest BCUT2D eigenvalue weighted by molar-refractivity contribution is 0.0294. The van der Waals surface area contributed by atoms with Crippen LogP contribution >= 0.6 is 0 Å². The van der Waals surface area contributed by atoms with Crippen LogP contribution in [0.3, 0.4) is 0 Å². The highest BCUT2D eigenvalue weighted by molar-refractivity contribution is 5.88. The molecule has 20 heavy (non-hydrogen) atoms.